The second kappa shape index (κ2) is 5.22. The van der Waals surface area contributed by atoms with Crippen molar-refractivity contribution in [3.63, 3.8) is 0 Å². The Balaban J connectivity index is 1.63. The minimum absolute atomic E-state index is 0.261. The number of hydrogen-bond acceptors (Lipinski definition) is 6. The van der Waals surface area contributed by atoms with Gasteiger partial charge in [-0.3, -0.25) is 4.98 Å². The second-order valence-electron chi connectivity index (χ2n) is 4.95. The van der Waals surface area contributed by atoms with Crippen molar-refractivity contribution in [2.75, 3.05) is 18.5 Å². The summed E-state index contributed by atoms with van der Waals surface area (Å²) in [5, 5.41) is 22.3. The van der Waals surface area contributed by atoms with Gasteiger partial charge in [-0.15, -0.1) is 10.2 Å². The summed E-state index contributed by atoms with van der Waals surface area (Å²) in [5.74, 6) is 0. The van der Waals surface area contributed by atoms with E-state index in [-0.39, 0.29) is 12.0 Å². The molecule has 0 aliphatic heterocycles. The molecule has 0 amide bonds. The minimum Gasteiger partial charge on any atom is -0.396 e. The first-order valence-electron chi connectivity index (χ1n) is 6.41. The lowest BCUT2D eigenvalue weighted by Gasteiger charge is -2.13. The standard InChI is InChI=1S/C13H16N4OS/c18-8-6-13(4-5-13)9-15-12-17-16-11(19-12)10-3-1-2-7-14-10/h1-3,7,18H,4-6,8-9H2,(H,15,17). The fraction of sp³-hybridized carbons (Fsp3) is 0.462. The van der Waals surface area contributed by atoms with Gasteiger partial charge in [0.05, 0.1) is 0 Å². The Morgan fingerprint density at radius 2 is 2.21 bits per heavy atom. The monoisotopic (exact) mass is 276 g/mol. The first kappa shape index (κ1) is 12.5. The molecule has 6 heteroatoms. The molecule has 5 nitrogen and oxygen atoms in total. The maximum Gasteiger partial charge on any atom is 0.206 e. The smallest absolute Gasteiger partial charge is 0.206 e. The molecule has 19 heavy (non-hydrogen) atoms. The normalized spacial score (nSPS) is 16.3. The van der Waals surface area contributed by atoms with Crippen molar-refractivity contribution < 1.29 is 5.11 Å². The molecule has 3 rings (SSSR count). The maximum atomic E-state index is 9.03. The zero-order valence-electron chi connectivity index (χ0n) is 10.5. The van der Waals surface area contributed by atoms with E-state index in [1.807, 2.05) is 18.2 Å². The molecule has 0 spiro atoms. The Morgan fingerprint density at radius 1 is 1.32 bits per heavy atom. The molecular weight excluding hydrogens is 260 g/mol. The Labute approximate surface area is 115 Å². The lowest BCUT2D eigenvalue weighted by molar-refractivity contribution is 0.253. The molecule has 0 saturated heterocycles. The van der Waals surface area contributed by atoms with Crippen LogP contribution >= 0.6 is 11.3 Å². The predicted octanol–water partition coefficient (Wildman–Crippen LogP) is 2.17. The zero-order chi connectivity index (χ0) is 13.1. The molecule has 0 aromatic carbocycles. The van der Waals surface area contributed by atoms with E-state index in [0.717, 1.165) is 28.8 Å². The quantitative estimate of drug-likeness (QED) is 0.846. The number of pyridine rings is 1. The molecule has 0 unspecified atom stereocenters. The van der Waals surface area contributed by atoms with Crippen LogP contribution in [0.2, 0.25) is 0 Å². The van der Waals surface area contributed by atoms with Crippen LogP contribution in [0.1, 0.15) is 19.3 Å². The van der Waals surface area contributed by atoms with Crippen molar-refractivity contribution in [1.82, 2.24) is 15.2 Å². The lowest BCUT2D eigenvalue weighted by atomic mass is 10.0. The van der Waals surface area contributed by atoms with E-state index in [1.165, 1.54) is 24.2 Å². The molecule has 0 atom stereocenters. The number of aromatic nitrogens is 3. The summed E-state index contributed by atoms with van der Waals surface area (Å²) < 4.78 is 0. The third-order valence-corrected chi connectivity index (χ3v) is 4.43. The van der Waals surface area contributed by atoms with Gasteiger partial charge in [-0.05, 0) is 36.8 Å². The second-order valence-corrected chi connectivity index (χ2v) is 5.93. The number of hydrogen-bond donors (Lipinski definition) is 2. The van der Waals surface area contributed by atoms with Crippen LogP contribution in [0.15, 0.2) is 24.4 Å². The third kappa shape index (κ3) is 2.90. The van der Waals surface area contributed by atoms with E-state index in [4.69, 9.17) is 5.11 Å². The highest BCUT2D eigenvalue weighted by Crippen LogP contribution is 2.48. The molecule has 2 aromatic heterocycles. The van der Waals surface area contributed by atoms with E-state index in [9.17, 15) is 0 Å². The summed E-state index contributed by atoms with van der Waals surface area (Å²) in [6.45, 7) is 1.13. The third-order valence-electron chi connectivity index (χ3n) is 3.52. The molecule has 100 valence electrons. The van der Waals surface area contributed by atoms with Gasteiger partial charge in [-0.1, -0.05) is 17.4 Å². The Kier molecular flexibility index (Phi) is 3.44. The van der Waals surface area contributed by atoms with Crippen LogP contribution in [0.25, 0.3) is 10.7 Å². The number of nitrogens with one attached hydrogen (secondary N) is 1. The van der Waals surface area contributed by atoms with Gasteiger partial charge in [-0.25, -0.2) is 0 Å². The number of aliphatic hydroxyl groups is 1. The topological polar surface area (TPSA) is 70.9 Å². The van der Waals surface area contributed by atoms with Crippen LogP contribution in [0.5, 0.6) is 0 Å². The molecule has 2 N–H and O–H groups in total. The average Bonchev–Trinajstić information content (AvgIpc) is 3.05. The minimum atomic E-state index is 0.261. The molecule has 1 fully saturated rings. The van der Waals surface area contributed by atoms with Crippen LogP contribution in [0, 0.1) is 5.41 Å². The SMILES string of the molecule is OCCC1(CNc2nnc(-c3ccccn3)s2)CC1. The van der Waals surface area contributed by atoms with Crippen LogP contribution < -0.4 is 5.32 Å². The van der Waals surface area contributed by atoms with Gasteiger partial charge in [0.15, 0.2) is 5.01 Å². The van der Waals surface area contributed by atoms with Crippen LogP contribution in [0.3, 0.4) is 0 Å². The summed E-state index contributed by atoms with van der Waals surface area (Å²) in [6, 6.07) is 5.76. The lowest BCUT2D eigenvalue weighted by Crippen LogP contribution is -2.16. The van der Waals surface area contributed by atoms with Crippen LogP contribution in [0.4, 0.5) is 5.13 Å². The highest BCUT2D eigenvalue weighted by atomic mass is 32.1. The van der Waals surface area contributed by atoms with E-state index in [1.54, 1.807) is 6.20 Å². The summed E-state index contributed by atoms with van der Waals surface area (Å²) in [5.41, 5.74) is 1.13. The zero-order valence-corrected chi connectivity index (χ0v) is 11.4. The maximum absolute atomic E-state index is 9.03. The molecule has 2 heterocycles. The highest BCUT2D eigenvalue weighted by Gasteiger charge is 2.41. The van der Waals surface area contributed by atoms with Crippen molar-refractivity contribution in [1.29, 1.82) is 0 Å². The van der Waals surface area contributed by atoms with E-state index < -0.39 is 0 Å². The van der Waals surface area contributed by atoms with Crippen molar-refractivity contribution in [3.8, 4) is 10.7 Å². The van der Waals surface area contributed by atoms with E-state index in [2.05, 4.69) is 20.5 Å². The fourth-order valence-corrected chi connectivity index (χ4v) is 2.80. The van der Waals surface area contributed by atoms with Crippen molar-refractivity contribution in [2.45, 2.75) is 19.3 Å². The summed E-state index contributed by atoms with van der Waals surface area (Å²) >= 11 is 1.51. The molecule has 1 saturated carbocycles. The highest BCUT2D eigenvalue weighted by molar-refractivity contribution is 7.18. The van der Waals surface area contributed by atoms with Crippen molar-refractivity contribution in [2.24, 2.45) is 5.41 Å². The molecule has 2 aromatic rings. The van der Waals surface area contributed by atoms with E-state index in [0.29, 0.717) is 0 Å². The van der Waals surface area contributed by atoms with Gasteiger partial charge >= 0.3 is 0 Å². The Hall–Kier alpha value is -1.53. The van der Waals surface area contributed by atoms with Crippen LogP contribution in [-0.2, 0) is 0 Å². The van der Waals surface area contributed by atoms with Gasteiger partial charge in [0, 0.05) is 19.3 Å². The van der Waals surface area contributed by atoms with Crippen molar-refractivity contribution >= 4 is 16.5 Å². The first-order valence-corrected chi connectivity index (χ1v) is 7.23. The molecule has 1 aliphatic carbocycles. The largest absolute Gasteiger partial charge is 0.396 e. The Morgan fingerprint density at radius 3 is 2.89 bits per heavy atom. The first-order chi connectivity index (χ1) is 9.31. The summed E-state index contributed by atoms with van der Waals surface area (Å²) in [4.78, 5) is 4.26. The molecule has 0 bridgehead atoms. The average molecular weight is 276 g/mol. The van der Waals surface area contributed by atoms with E-state index >= 15 is 0 Å². The van der Waals surface area contributed by atoms with Gasteiger partial charge in [0.2, 0.25) is 5.13 Å². The number of nitrogens with zero attached hydrogens (tertiary/aromatic N) is 3. The van der Waals surface area contributed by atoms with Gasteiger partial charge in [0.25, 0.3) is 0 Å². The summed E-state index contributed by atoms with van der Waals surface area (Å²) in [6.07, 6.45) is 5.00. The van der Waals surface area contributed by atoms with Gasteiger partial charge in [0.1, 0.15) is 5.69 Å². The molecule has 0 radical (unpaired) electrons. The van der Waals surface area contributed by atoms with Crippen molar-refractivity contribution in [3.05, 3.63) is 24.4 Å². The number of rotatable bonds is 6. The molecular formula is C13H16N4OS. The van der Waals surface area contributed by atoms with Gasteiger partial charge < -0.3 is 10.4 Å². The predicted molar refractivity (Wildman–Crippen MR) is 75.0 cm³/mol. The summed E-state index contributed by atoms with van der Waals surface area (Å²) in [7, 11) is 0. The number of anilines is 1. The molecule has 1 aliphatic rings. The fourth-order valence-electron chi connectivity index (χ4n) is 2.08. The van der Waals surface area contributed by atoms with Crippen LogP contribution in [-0.4, -0.2) is 33.4 Å². The Bertz CT molecular complexity index is 539. The number of aliphatic hydroxyl groups excluding tert-OH is 1. The van der Waals surface area contributed by atoms with Gasteiger partial charge in [-0.2, -0.15) is 0 Å².